The Kier molecular flexibility index (Phi) is 9.18. The molecule has 1 atom stereocenters. The van der Waals surface area contributed by atoms with E-state index in [-0.39, 0.29) is 18.4 Å². The average molecular weight is 531 g/mol. The van der Waals surface area contributed by atoms with Gasteiger partial charge in [0.2, 0.25) is 0 Å². The van der Waals surface area contributed by atoms with Gasteiger partial charge in [-0.2, -0.15) is 0 Å². The zero-order chi connectivity index (χ0) is 28.0. The third kappa shape index (κ3) is 7.33. The van der Waals surface area contributed by atoms with Crippen LogP contribution in [0.3, 0.4) is 0 Å². The monoisotopic (exact) mass is 530 g/mol. The van der Waals surface area contributed by atoms with E-state index in [1.807, 2.05) is 39.0 Å². The lowest BCUT2D eigenvalue weighted by Crippen LogP contribution is -2.50. The van der Waals surface area contributed by atoms with E-state index in [9.17, 15) is 15.0 Å². The number of amides is 1. The van der Waals surface area contributed by atoms with Crippen molar-refractivity contribution in [3.63, 3.8) is 0 Å². The smallest absolute Gasteiger partial charge is 0.410 e. The molecule has 0 unspecified atom stereocenters. The Bertz CT molecular complexity index is 1210. The van der Waals surface area contributed by atoms with Crippen LogP contribution in [-0.4, -0.2) is 64.5 Å². The van der Waals surface area contributed by atoms with E-state index in [1.54, 1.807) is 17.0 Å². The molecule has 1 heterocycles. The van der Waals surface area contributed by atoms with Gasteiger partial charge in [0.1, 0.15) is 11.4 Å². The fourth-order valence-corrected chi connectivity index (χ4v) is 5.42. The number of rotatable bonds is 7. The summed E-state index contributed by atoms with van der Waals surface area (Å²) in [5, 5.41) is 19.6. The van der Waals surface area contributed by atoms with Gasteiger partial charge in [-0.1, -0.05) is 55.5 Å². The molecular weight excluding hydrogens is 488 g/mol. The molecule has 0 radical (unpaired) electrons. The molecule has 2 aromatic carbocycles. The number of hydrogen-bond donors (Lipinski definition) is 2. The predicted octanol–water partition coefficient (Wildman–Crippen LogP) is 6.48. The average Bonchev–Trinajstić information content (AvgIpc) is 2.91. The maximum absolute atomic E-state index is 12.5. The van der Waals surface area contributed by atoms with Crippen LogP contribution in [0.25, 0.3) is 11.1 Å². The van der Waals surface area contributed by atoms with Crippen molar-refractivity contribution in [2.45, 2.75) is 52.6 Å². The SMILES string of the molecule is C[C@@H]1CC(/C(=C(/CCCO)c2ccccc2)c2ccc(O)cc2)=CC=C1N1CCN(C(=O)OC(C)(C)C)CC1. The van der Waals surface area contributed by atoms with Gasteiger partial charge in [-0.05, 0) is 86.1 Å². The fourth-order valence-electron chi connectivity index (χ4n) is 5.42. The Balaban J connectivity index is 1.64. The molecule has 1 amide bonds. The van der Waals surface area contributed by atoms with Crippen molar-refractivity contribution >= 4 is 17.2 Å². The first kappa shape index (κ1) is 28.5. The number of piperazine rings is 1. The number of allylic oxidation sites excluding steroid dienone is 6. The Morgan fingerprint density at radius 2 is 1.62 bits per heavy atom. The maximum atomic E-state index is 12.5. The highest BCUT2D eigenvalue weighted by Gasteiger charge is 2.29. The van der Waals surface area contributed by atoms with Crippen LogP contribution in [0.1, 0.15) is 58.1 Å². The summed E-state index contributed by atoms with van der Waals surface area (Å²) in [5.41, 5.74) is 6.64. The summed E-state index contributed by atoms with van der Waals surface area (Å²) in [7, 11) is 0. The lowest BCUT2D eigenvalue weighted by Gasteiger charge is -2.40. The molecule has 0 bridgehead atoms. The number of hydrogen-bond acceptors (Lipinski definition) is 5. The maximum Gasteiger partial charge on any atom is 0.410 e. The molecule has 1 aliphatic carbocycles. The summed E-state index contributed by atoms with van der Waals surface area (Å²) in [6.07, 6.45) is 6.55. The van der Waals surface area contributed by atoms with Gasteiger partial charge in [0, 0.05) is 44.4 Å². The molecule has 2 aliphatic rings. The van der Waals surface area contributed by atoms with Crippen LogP contribution in [-0.2, 0) is 4.74 Å². The first-order valence-electron chi connectivity index (χ1n) is 14.0. The molecule has 0 aromatic heterocycles. The van der Waals surface area contributed by atoms with Crippen LogP contribution >= 0.6 is 0 Å². The molecule has 1 fully saturated rings. The second-order valence-electron chi connectivity index (χ2n) is 11.4. The molecule has 0 saturated carbocycles. The van der Waals surface area contributed by atoms with Crippen molar-refractivity contribution in [3.05, 3.63) is 89.1 Å². The Hall–Kier alpha value is -3.51. The molecule has 1 aliphatic heterocycles. The zero-order valence-corrected chi connectivity index (χ0v) is 23.7. The van der Waals surface area contributed by atoms with Crippen LogP contribution in [0.2, 0.25) is 0 Å². The second-order valence-corrected chi connectivity index (χ2v) is 11.4. The van der Waals surface area contributed by atoms with Crippen molar-refractivity contribution in [2.24, 2.45) is 5.92 Å². The predicted molar refractivity (Wildman–Crippen MR) is 157 cm³/mol. The van der Waals surface area contributed by atoms with E-state index >= 15 is 0 Å². The van der Waals surface area contributed by atoms with Crippen LogP contribution in [0, 0.1) is 5.92 Å². The molecule has 1 saturated heterocycles. The number of aliphatic hydroxyl groups is 1. The molecule has 6 nitrogen and oxygen atoms in total. The Morgan fingerprint density at radius 3 is 2.21 bits per heavy atom. The highest BCUT2D eigenvalue weighted by molar-refractivity contribution is 5.98. The van der Waals surface area contributed by atoms with Crippen LogP contribution in [0.4, 0.5) is 4.79 Å². The van der Waals surface area contributed by atoms with Crippen LogP contribution in [0.5, 0.6) is 5.75 Å². The van der Waals surface area contributed by atoms with Gasteiger partial charge in [0.05, 0.1) is 0 Å². The molecule has 4 rings (SSSR count). The summed E-state index contributed by atoms with van der Waals surface area (Å²) in [6, 6.07) is 17.8. The van der Waals surface area contributed by atoms with E-state index in [1.165, 1.54) is 22.4 Å². The summed E-state index contributed by atoms with van der Waals surface area (Å²) < 4.78 is 5.56. The topological polar surface area (TPSA) is 73.2 Å². The van der Waals surface area contributed by atoms with Crippen molar-refractivity contribution in [2.75, 3.05) is 32.8 Å². The van der Waals surface area contributed by atoms with Crippen molar-refractivity contribution in [3.8, 4) is 5.75 Å². The number of aromatic hydroxyl groups is 1. The normalized spacial score (nSPS) is 18.7. The molecule has 39 heavy (non-hydrogen) atoms. The number of ether oxygens (including phenoxy) is 1. The van der Waals surface area contributed by atoms with Gasteiger partial charge < -0.3 is 24.7 Å². The van der Waals surface area contributed by atoms with Gasteiger partial charge in [-0.25, -0.2) is 4.79 Å². The molecule has 208 valence electrons. The third-order valence-electron chi connectivity index (χ3n) is 7.27. The minimum atomic E-state index is -0.492. The van der Waals surface area contributed by atoms with Crippen LogP contribution in [0.15, 0.2) is 78.0 Å². The first-order valence-corrected chi connectivity index (χ1v) is 14.0. The number of phenols is 1. The van der Waals surface area contributed by atoms with Crippen LogP contribution < -0.4 is 0 Å². The molecular formula is C33H42N2O4. The largest absolute Gasteiger partial charge is 0.508 e. The summed E-state index contributed by atoms with van der Waals surface area (Å²) in [6.45, 7) is 10.9. The Morgan fingerprint density at radius 1 is 0.949 bits per heavy atom. The Labute approximate surface area is 232 Å². The summed E-state index contributed by atoms with van der Waals surface area (Å²) >= 11 is 0. The second kappa shape index (κ2) is 12.6. The summed E-state index contributed by atoms with van der Waals surface area (Å²) in [4.78, 5) is 16.7. The molecule has 2 aromatic rings. The molecule has 6 heteroatoms. The van der Waals surface area contributed by atoms with Crippen molar-refractivity contribution < 1.29 is 19.7 Å². The summed E-state index contributed by atoms with van der Waals surface area (Å²) in [5.74, 6) is 0.550. The van der Waals surface area contributed by atoms with Crippen molar-refractivity contribution in [1.29, 1.82) is 0 Å². The minimum Gasteiger partial charge on any atom is -0.508 e. The lowest BCUT2D eigenvalue weighted by molar-refractivity contribution is 0.0163. The number of phenolic OH excluding ortho intramolecular Hbond substituents is 1. The first-order chi connectivity index (χ1) is 18.7. The zero-order valence-electron chi connectivity index (χ0n) is 23.7. The van der Waals surface area contributed by atoms with E-state index in [0.717, 1.165) is 37.1 Å². The van der Waals surface area contributed by atoms with E-state index < -0.39 is 5.60 Å². The lowest BCUT2D eigenvalue weighted by atomic mass is 9.81. The minimum absolute atomic E-state index is 0.133. The van der Waals surface area contributed by atoms with E-state index in [4.69, 9.17) is 4.74 Å². The number of aliphatic hydroxyl groups excluding tert-OH is 1. The third-order valence-corrected chi connectivity index (χ3v) is 7.27. The van der Waals surface area contributed by atoms with E-state index in [2.05, 4.69) is 48.2 Å². The van der Waals surface area contributed by atoms with Gasteiger partial charge in [-0.15, -0.1) is 0 Å². The molecule has 0 spiro atoms. The highest BCUT2D eigenvalue weighted by Crippen LogP contribution is 2.41. The van der Waals surface area contributed by atoms with Crippen molar-refractivity contribution in [1.82, 2.24) is 9.80 Å². The number of benzene rings is 2. The number of carbonyl (C=O) groups is 1. The molecule has 2 N–H and O–H groups in total. The van der Waals surface area contributed by atoms with Gasteiger partial charge in [0.15, 0.2) is 0 Å². The van der Waals surface area contributed by atoms with Gasteiger partial charge in [0.25, 0.3) is 0 Å². The fraction of sp³-hybridized carbons (Fsp3) is 0.424. The number of nitrogens with zero attached hydrogens (tertiary/aromatic N) is 2. The standard InChI is InChI=1S/C33H42N2O4/c1-24-23-27(14-17-30(24)34-18-20-35(21-19-34)32(38)39-33(2,3)4)31(26-12-15-28(37)16-13-26)29(11-8-22-36)25-9-6-5-7-10-25/h5-7,9-10,12-17,24,36-37H,8,11,18-23H2,1-4H3/b31-29-/t24-/m1/s1. The quantitative estimate of drug-likeness (QED) is 0.401. The highest BCUT2D eigenvalue weighted by atomic mass is 16.6. The van der Waals surface area contributed by atoms with Gasteiger partial charge in [-0.3, -0.25) is 0 Å². The number of carbonyl (C=O) groups excluding carboxylic acids is 1. The van der Waals surface area contributed by atoms with Gasteiger partial charge >= 0.3 is 6.09 Å². The van der Waals surface area contributed by atoms with E-state index in [0.29, 0.717) is 25.4 Å².